The fraction of sp³-hybridized carbons (Fsp3) is 0.269. The second-order valence-electron chi connectivity index (χ2n) is 7.21. The molecule has 0 unspecified atom stereocenters. The van der Waals surface area contributed by atoms with Crippen molar-refractivity contribution in [2.24, 2.45) is 0 Å². The quantitative estimate of drug-likeness (QED) is 0.229. The van der Waals surface area contributed by atoms with E-state index in [4.69, 9.17) is 9.47 Å². The van der Waals surface area contributed by atoms with Crippen LogP contribution in [0.25, 0.3) is 11.1 Å². The van der Waals surface area contributed by atoms with E-state index in [1.54, 1.807) is 24.3 Å². The second-order valence-corrected chi connectivity index (χ2v) is 7.21. The first-order chi connectivity index (χ1) is 14.2. The van der Waals surface area contributed by atoms with Gasteiger partial charge in [0.1, 0.15) is 11.5 Å². The van der Waals surface area contributed by atoms with Gasteiger partial charge < -0.3 is 9.47 Å². The van der Waals surface area contributed by atoms with Crippen LogP contribution in [0.15, 0.2) is 72.8 Å². The van der Waals surface area contributed by atoms with E-state index in [-0.39, 0.29) is 5.97 Å². The fourth-order valence-corrected chi connectivity index (χ4v) is 3.03. The van der Waals surface area contributed by atoms with Gasteiger partial charge >= 0.3 is 5.97 Å². The minimum absolute atomic E-state index is 0.367. The smallest absolute Gasteiger partial charge is 0.343 e. The molecule has 0 aliphatic carbocycles. The Balaban J connectivity index is 1.53. The van der Waals surface area contributed by atoms with Crippen molar-refractivity contribution in [2.45, 2.75) is 39.5 Å². The van der Waals surface area contributed by atoms with Crippen LogP contribution in [0, 0.1) is 6.92 Å². The van der Waals surface area contributed by atoms with Crippen molar-refractivity contribution < 1.29 is 14.3 Å². The van der Waals surface area contributed by atoms with Crippen molar-refractivity contribution in [3.05, 3.63) is 83.9 Å². The maximum atomic E-state index is 12.4. The van der Waals surface area contributed by atoms with E-state index >= 15 is 0 Å². The van der Waals surface area contributed by atoms with Crippen LogP contribution < -0.4 is 9.47 Å². The summed E-state index contributed by atoms with van der Waals surface area (Å²) in [6.45, 7) is 4.97. The number of hydrogen-bond acceptors (Lipinski definition) is 3. The summed E-state index contributed by atoms with van der Waals surface area (Å²) in [6.07, 6.45) is 4.71. The summed E-state index contributed by atoms with van der Waals surface area (Å²) in [5.74, 6) is 0.938. The molecule has 3 rings (SSSR count). The highest BCUT2D eigenvalue weighted by atomic mass is 16.5. The lowest BCUT2D eigenvalue weighted by molar-refractivity contribution is 0.0734. The largest absolute Gasteiger partial charge is 0.494 e. The first-order valence-electron chi connectivity index (χ1n) is 10.3. The van der Waals surface area contributed by atoms with Gasteiger partial charge in [0.25, 0.3) is 0 Å². The molecule has 3 aromatic rings. The number of ether oxygens (including phenoxy) is 2. The van der Waals surface area contributed by atoms with Crippen LogP contribution in [-0.4, -0.2) is 12.6 Å². The van der Waals surface area contributed by atoms with Gasteiger partial charge in [0, 0.05) is 0 Å². The number of carbonyl (C=O) groups excluding carboxylic acids is 1. The van der Waals surface area contributed by atoms with Crippen LogP contribution in [0.2, 0.25) is 0 Å². The Morgan fingerprint density at radius 2 is 1.31 bits per heavy atom. The van der Waals surface area contributed by atoms with Crippen molar-refractivity contribution in [1.29, 1.82) is 0 Å². The molecule has 0 aliphatic heterocycles. The zero-order valence-electron chi connectivity index (χ0n) is 17.2. The lowest BCUT2D eigenvalue weighted by atomic mass is 10.0. The Morgan fingerprint density at radius 1 is 0.724 bits per heavy atom. The summed E-state index contributed by atoms with van der Waals surface area (Å²) in [6, 6.07) is 23.0. The van der Waals surface area contributed by atoms with Crippen LogP contribution in [0.4, 0.5) is 0 Å². The van der Waals surface area contributed by atoms with E-state index in [0.29, 0.717) is 17.9 Å². The van der Waals surface area contributed by atoms with Gasteiger partial charge in [-0.15, -0.1) is 0 Å². The van der Waals surface area contributed by atoms with Crippen molar-refractivity contribution in [3.63, 3.8) is 0 Å². The van der Waals surface area contributed by atoms with E-state index in [0.717, 1.165) is 23.3 Å². The average Bonchev–Trinajstić information content (AvgIpc) is 2.75. The first kappa shape index (κ1) is 20.7. The number of unbranched alkanes of at least 4 members (excludes halogenated alkanes) is 3. The number of esters is 1. The highest BCUT2D eigenvalue weighted by Crippen LogP contribution is 2.22. The molecule has 0 radical (unpaired) electrons. The molecular formula is C26H28O3. The summed E-state index contributed by atoms with van der Waals surface area (Å²) in [7, 11) is 0. The lowest BCUT2D eigenvalue weighted by Crippen LogP contribution is -2.08. The maximum Gasteiger partial charge on any atom is 0.343 e. The lowest BCUT2D eigenvalue weighted by Gasteiger charge is -2.08. The highest BCUT2D eigenvalue weighted by Gasteiger charge is 2.09. The molecule has 3 heteroatoms. The summed E-state index contributed by atoms with van der Waals surface area (Å²) < 4.78 is 11.2. The van der Waals surface area contributed by atoms with Gasteiger partial charge in [0.15, 0.2) is 0 Å². The zero-order chi connectivity index (χ0) is 20.5. The molecule has 0 amide bonds. The molecule has 0 bridgehead atoms. The number of rotatable bonds is 9. The molecule has 29 heavy (non-hydrogen) atoms. The van der Waals surface area contributed by atoms with Crippen LogP contribution in [0.1, 0.15) is 48.5 Å². The molecule has 3 nitrogen and oxygen atoms in total. The Bertz CT molecular complexity index is 894. The number of carbonyl (C=O) groups is 1. The zero-order valence-corrected chi connectivity index (χ0v) is 17.2. The highest BCUT2D eigenvalue weighted by molar-refractivity contribution is 5.91. The first-order valence-corrected chi connectivity index (χ1v) is 10.3. The Labute approximate surface area is 173 Å². The molecule has 0 atom stereocenters. The van der Waals surface area contributed by atoms with E-state index in [1.165, 1.54) is 24.8 Å². The van der Waals surface area contributed by atoms with E-state index in [2.05, 4.69) is 38.1 Å². The third-order valence-electron chi connectivity index (χ3n) is 4.81. The van der Waals surface area contributed by atoms with Crippen LogP contribution in [0.5, 0.6) is 11.5 Å². The molecule has 0 heterocycles. The van der Waals surface area contributed by atoms with Crippen LogP contribution in [-0.2, 0) is 0 Å². The minimum Gasteiger partial charge on any atom is -0.494 e. The Morgan fingerprint density at radius 3 is 1.93 bits per heavy atom. The molecule has 0 spiro atoms. The van der Waals surface area contributed by atoms with Crippen LogP contribution >= 0.6 is 0 Å². The summed E-state index contributed by atoms with van der Waals surface area (Å²) in [5.41, 5.74) is 3.95. The molecule has 0 saturated heterocycles. The van der Waals surface area contributed by atoms with Gasteiger partial charge in [0.05, 0.1) is 12.2 Å². The van der Waals surface area contributed by atoms with E-state index < -0.39 is 0 Å². The third kappa shape index (κ3) is 6.21. The maximum absolute atomic E-state index is 12.4. The van der Waals surface area contributed by atoms with Crippen molar-refractivity contribution >= 4 is 5.97 Å². The molecule has 150 valence electrons. The number of benzene rings is 3. The molecule has 0 N–H and O–H groups in total. The Hall–Kier alpha value is -3.07. The van der Waals surface area contributed by atoms with Gasteiger partial charge in [-0.2, -0.15) is 0 Å². The van der Waals surface area contributed by atoms with Crippen molar-refractivity contribution in [3.8, 4) is 22.6 Å². The molecule has 0 saturated carbocycles. The van der Waals surface area contributed by atoms with Gasteiger partial charge in [-0.3, -0.25) is 0 Å². The topological polar surface area (TPSA) is 35.5 Å². The molecular weight excluding hydrogens is 360 g/mol. The van der Waals surface area contributed by atoms with E-state index in [1.807, 2.05) is 24.3 Å². The predicted octanol–water partition coefficient (Wildman–Crippen LogP) is 6.84. The third-order valence-corrected chi connectivity index (χ3v) is 4.81. The Kier molecular flexibility index (Phi) is 7.46. The van der Waals surface area contributed by atoms with Crippen molar-refractivity contribution in [2.75, 3.05) is 6.61 Å². The van der Waals surface area contributed by atoms with Crippen LogP contribution in [0.3, 0.4) is 0 Å². The predicted molar refractivity (Wildman–Crippen MR) is 118 cm³/mol. The summed E-state index contributed by atoms with van der Waals surface area (Å²) >= 11 is 0. The second kappa shape index (κ2) is 10.5. The molecule has 0 aromatic heterocycles. The molecule has 0 fully saturated rings. The summed E-state index contributed by atoms with van der Waals surface area (Å²) in [5, 5.41) is 0. The van der Waals surface area contributed by atoms with Gasteiger partial charge in [-0.25, -0.2) is 4.79 Å². The summed E-state index contributed by atoms with van der Waals surface area (Å²) in [4.78, 5) is 12.4. The standard InChI is InChI=1S/C26H28O3/c1-3-4-5-6-19-28-24-15-17-25(18-16-24)29-26(27)23-13-11-22(12-14-23)21-9-7-20(2)8-10-21/h7-18H,3-6,19H2,1-2H3. The molecule has 3 aromatic carbocycles. The normalized spacial score (nSPS) is 10.6. The van der Waals surface area contributed by atoms with Gasteiger partial charge in [-0.1, -0.05) is 68.1 Å². The number of hydrogen-bond donors (Lipinski definition) is 0. The number of aryl methyl sites for hydroxylation is 1. The van der Waals surface area contributed by atoms with Gasteiger partial charge in [0.2, 0.25) is 0 Å². The molecule has 0 aliphatic rings. The monoisotopic (exact) mass is 388 g/mol. The SMILES string of the molecule is CCCCCCOc1ccc(OC(=O)c2ccc(-c3ccc(C)cc3)cc2)cc1. The van der Waals surface area contributed by atoms with Gasteiger partial charge in [-0.05, 0) is 60.9 Å². The van der Waals surface area contributed by atoms with Crippen molar-refractivity contribution in [1.82, 2.24) is 0 Å². The van der Waals surface area contributed by atoms with E-state index in [9.17, 15) is 4.79 Å². The minimum atomic E-state index is -0.367. The fourth-order valence-electron chi connectivity index (χ4n) is 3.03. The average molecular weight is 389 g/mol.